The van der Waals surface area contributed by atoms with Crippen LogP contribution in [0, 0.1) is 24.0 Å². The first-order valence-corrected chi connectivity index (χ1v) is 9.91. The third kappa shape index (κ3) is 3.44. The highest BCUT2D eigenvalue weighted by Crippen LogP contribution is 2.32. The minimum atomic E-state index is -0.472. The van der Waals surface area contributed by atoms with Gasteiger partial charge >= 0.3 is 0 Å². The van der Waals surface area contributed by atoms with Crippen LogP contribution < -0.4 is 5.32 Å². The molecule has 0 atom stereocenters. The number of benzene rings is 1. The molecule has 0 saturated carbocycles. The maximum absolute atomic E-state index is 12.7. The van der Waals surface area contributed by atoms with E-state index in [1.165, 1.54) is 17.4 Å². The number of rotatable bonds is 4. The highest BCUT2D eigenvalue weighted by atomic mass is 32.1. The summed E-state index contributed by atoms with van der Waals surface area (Å²) in [6, 6.07) is 4.88. The van der Waals surface area contributed by atoms with Crippen LogP contribution in [0.3, 0.4) is 0 Å². The first kappa shape index (κ1) is 19.0. The molecule has 148 valence electrons. The average molecular weight is 411 g/mol. The minimum Gasteiger partial charge on any atom is -0.455 e. The summed E-state index contributed by atoms with van der Waals surface area (Å²) in [5.41, 5.74) is 2.77. The average Bonchev–Trinajstić information content (AvgIpc) is 3.27. The number of fused-ring (bicyclic) bond motifs is 1. The van der Waals surface area contributed by atoms with E-state index in [0.717, 1.165) is 6.42 Å². The predicted octanol–water partition coefficient (Wildman–Crippen LogP) is 4.70. The number of Topliss-reactive ketones (excluding diaryl/α,β-unsaturated/α-hetero) is 1. The van der Waals surface area contributed by atoms with E-state index in [-0.39, 0.29) is 17.2 Å². The van der Waals surface area contributed by atoms with Gasteiger partial charge in [0.25, 0.3) is 11.6 Å². The summed E-state index contributed by atoms with van der Waals surface area (Å²) in [6.07, 6.45) is 1.83. The van der Waals surface area contributed by atoms with Crippen molar-refractivity contribution in [1.82, 2.24) is 4.98 Å². The first-order chi connectivity index (χ1) is 13.8. The number of nitro benzene ring substituents is 1. The molecule has 29 heavy (non-hydrogen) atoms. The molecule has 1 amide bonds. The molecule has 4 rings (SSSR count). The van der Waals surface area contributed by atoms with Crippen molar-refractivity contribution in [2.45, 2.75) is 33.1 Å². The number of carbonyl (C=O) groups excluding carboxylic acids is 2. The van der Waals surface area contributed by atoms with Gasteiger partial charge in [-0.25, -0.2) is 4.98 Å². The van der Waals surface area contributed by atoms with Gasteiger partial charge in [0.2, 0.25) is 0 Å². The molecule has 2 heterocycles. The summed E-state index contributed by atoms with van der Waals surface area (Å²) in [5, 5.41) is 15.9. The lowest BCUT2D eigenvalue weighted by atomic mass is 9.94. The van der Waals surface area contributed by atoms with Crippen molar-refractivity contribution in [3.8, 4) is 11.3 Å². The second kappa shape index (κ2) is 7.25. The Morgan fingerprint density at radius 1 is 1.31 bits per heavy atom. The maximum Gasteiger partial charge on any atom is 0.293 e. The lowest BCUT2D eigenvalue weighted by Gasteiger charge is -2.07. The highest BCUT2D eigenvalue weighted by molar-refractivity contribution is 7.14. The standard InChI is InChI=1S/C20H17N3O5S/c1-10-6-7-12(8-14(10)23(26)27)13-9-29-20(21-13)22-19(25)18-11(2)17-15(24)4-3-5-16(17)28-18/h6-9H,3-5H2,1-2H3,(H,21,22,25). The topological polar surface area (TPSA) is 115 Å². The van der Waals surface area contributed by atoms with Crippen molar-refractivity contribution in [3.63, 3.8) is 0 Å². The van der Waals surface area contributed by atoms with Gasteiger partial charge in [0, 0.05) is 41.0 Å². The number of carbonyl (C=O) groups is 2. The molecule has 0 unspecified atom stereocenters. The summed E-state index contributed by atoms with van der Waals surface area (Å²) in [7, 11) is 0. The molecule has 0 spiro atoms. The van der Waals surface area contributed by atoms with Gasteiger partial charge < -0.3 is 4.42 Å². The Hall–Kier alpha value is -3.33. The number of hydrogen-bond donors (Lipinski definition) is 1. The number of furan rings is 1. The summed E-state index contributed by atoms with van der Waals surface area (Å²) >= 11 is 1.21. The summed E-state index contributed by atoms with van der Waals surface area (Å²) in [4.78, 5) is 39.8. The molecular formula is C20H17N3O5S. The van der Waals surface area contributed by atoms with E-state index in [0.29, 0.717) is 51.7 Å². The zero-order chi connectivity index (χ0) is 20.7. The van der Waals surface area contributed by atoms with Gasteiger partial charge in [-0.15, -0.1) is 11.3 Å². The van der Waals surface area contributed by atoms with Crippen molar-refractivity contribution >= 4 is 33.8 Å². The van der Waals surface area contributed by atoms with E-state index in [9.17, 15) is 19.7 Å². The van der Waals surface area contributed by atoms with Crippen LogP contribution in [0.4, 0.5) is 10.8 Å². The smallest absolute Gasteiger partial charge is 0.293 e. The quantitative estimate of drug-likeness (QED) is 0.491. The Kier molecular flexibility index (Phi) is 4.75. The second-order valence-electron chi connectivity index (χ2n) is 6.88. The predicted molar refractivity (Wildman–Crippen MR) is 108 cm³/mol. The van der Waals surface area contributed by atoms with Gasteiger partial charge in [0.05, 0.1) is 16.2 Å². The lowest BCUT2D eigenvalue weighted by molar-refractivity contribution is -0.385. The fraction of sp³-hybridized carbons (Fsp3) is 0.250. The third-order valence-corrected chi connectivity index (χ3v) is 5.70. The molecule has 2 aromatic heterocycles. The van der Waals surface area contributed by atoms with Crippen molar-refractivity contribution < 1.29 is 18.9 Å². The van der Waals surface area contributed by atoms with Gasteiger partial charge in [0.15, 0.2) is 16.7 Å². The second-order valence-corrected chi connectivity index (χ2v) is 7.74. The van der Waals surface area contributed by atoms with E-state index in [2.05, 4.69) is 10.3 Å². The molecule has 0 fully saturated rings. The molecule has 1 aromatic carbocycles. The third-order valence-electron chi connectivity index (χ3n) is 4.94. The van der Waals surface area contributed by atoms with Crippen LogP contribution in [0.5, 0.6) is 0 Å². The highest BCUT2D eigenvalue weighted by Gasteiger charge is 2.29. The molecular weight excluding hydrogens is 394 g/mol. The van der Waals surface area contributed by atoms with E-state index in [1.807, 2.05) is 0 Å². The number of nitro groups is 1. The van der Waals surface area contributed by atoms with Crippen LogP contribution in [-0.4, -0.2) is 21.6 Å². The molecule has 0 bridgehead atoms. The van der Waals surface area contributed by atoms with Crippen LogP contribution in [0.2, 0.25) is 0 Å². The number of aromatic nitrogens is 1. The SMILES string of the molecule is Cc1ccc(-c2csc(NC(=O)c3oc4c(c3C)C(=O)CCC4)n2)cc1[N+](=O)[O-]. The molecule has 0 aliphatic heterocycles. The zero-order valence-electron chi connectivity index (χ0n) is 15.8. The molecule has 0 radical (unpaired) electrons. The Labute approximate surface area is 169 Å². The van der Waals surface area contributed by atoms with Gasteiger partial charge in [-0.1, -0.05) is 12.1 Å². The van der Waals surface area contributed by atoms with Crippen LogP contribution in [-0.2, 0) is 6.42 Å². The van der Waals surface area contributed by atoms with Gasteiger partial charge in [-0.2, -0.15) is 0 Å². The van der Waals surface area contributed by atoms with Crippen LogP contribution in [0.1, 0.15) is 50.6 Å². The number of nitrogens with one attached hydrogen (secondary N) is 1. The van der Waals surface area contributed by atoms with E-state index < -0.39 is 10.8 Å². The monoisotopic (exact) mass is 411 g/mol. The summed E-state index contributed by atoms with van der Waals surface area (Å²) in [5.74, 6) is 0.216. The number of amides is 1. The molecule has 1 aliphatic carbocycles. The number of thiazole rings is 1. The Morgan fingerprint density at radius 3 is 2.83 bits per heavy atom. The minimum absolute atomic E-state index is 0.00375. The Morgan fingerprint density at radius 2 is 2.10 bits per heavy atom. The number of nitrogens with zero attached hydrogens (tertiary/aromatic N) is 2. The van der Waals surface area contributed by atoms with Crippen molar-refractivity contribution in [1.29, 1.82) is 0 Å². The Bertz CT molecular complexity index is 1160. The number of anilines is 1. The fourth-order valence-corrected chi connectivity index (χ4v) is 4.16. The number of ketones is 1. The normalized spacial score (nSPS) is 13.2. The van der Waals surface area contributed by atoms with Crippen molar-refractivity contribution in [2.75, 3.05) is 5.32 Å². The van der Waals surface area contributed by atoms with E-state index >= 15 is 0 Å². The maximum atomic E-state index is 12.7. The van der Waals surface area contributed by atoms with E-state index in [4.69, 9.17) is 4.42 Å². The molecule has 0 saturated heterocycles. The van der Waals surface area contributed by atoms with E-state index in [1.54, 1.807) is 31.4 Å². The summed E-state index contributed by atoms with van der Waals surface area (Å²) < 4.78 is 5.66. The van der Waals surface area contributed by atoms with Gasteiger partial charge in [-0.3, -0.25) is 25.0 Å². The largest absolute Gasteiger partial charge is 0.455 e. The lowest BCUT2D eigenvalue weighted by Crippen LogP contribution is -2.13. The zero-order valence-corrected chi connectivity index (χ0v) is 16.6. The van der Waals surface area contributed by atoms with Crippen LogP contribution >= 0.6 is 11.3 Å². The summed E-state index contributed by atoms with van der Waals surface area (Å²) in [6.45, 7) is 3.38. The molecule has 1 aliphatic rings. The number of aryl methyl sites for hydroxylation is 2. The van der Waals surface area contributed by atoms with Crippen LogP contribution in [0.15, 0.2) is 28.0 Å². The molecule has 9 heteroatoms. The van der Waals surface area contributed by atoms with Gasteiger partial charge in [0.1, 0.15) is 5.76 Å². The first-order valence-electron chi connectivity index (χ1n) is 9.03. The van der Waals surface area contributed by atoms with Crippen LogP contribution in [0.25, 0.3) is 11.3 Å². The molecule has 8 nitrogen and oxygen atoms in total. The number of hydrogen-bond acceptors (Lipinski definition) is 7. The Balaban J connectivity index is 1.57. The fourth-order valence-electron chi connectivity index (χ4n) is 3.45. The van der Waals surface area contributed by atoms with Crippen molar-refractivity contribution in [2.24, 2.45) is 0 Å². The molecule has 1 N–H and O–H groups in total. The van der Waals surface area contributed by atoms with Crippen molar-refractivity contribution in [3.05, 3.63) is 61.9 Å². The van der Waals surface area contributed by atoms with Gasteiger partial charge in [-0.05, 0) is 20.3 Å². The molecule has 3 aromatic rings.